The molecule has 0 unspecified atom stereocenters. The molecule has 0 aromatic heterocycles. The van der Waals surface area contributed by atoms with E-state index in [1.807, 2.05) is 0 Å². The molecule has 2 aromatic carbocycles. The van der Waals surface area contributed by atoms with Gasteiger partial charge in [-0.2, -0.15) is 5.26 Å². The highest BCUT2D eigenvalue weighted by Gasteiger charge is 2.12. The Bertz CT molecular complexity index is 711. The largest absolute Gasteiger partial charge is 0.495 e. The standard InChI is InChI=1S/C15H14ClN3O2/c1-20-14-7-15(21-2)13(6-11(14)16)19-12-4-3-10(18)5-9(12)8-17/h3-7,19H,18H2,1-2H3. The summed E-state index contributed by atoms with van der Waals surface area (Å²) in [6.07, 6.45) is 0. The molecule has 5 nitrogen and oxygen atoms in total. The molecule has 6 heteroatoms. The minimum Gasteiger partial charge on any atom is -0.495 e. The first-order valence-electron chi connectivity index (χ1n) is 6.07. The molecule has 0 fully saturated rings. The zero-order valence-corrected chi connectivity index (χ0v) is 12.4. The van der Waals surface area contributed by atoms with Crippen LogP contribution in [0.25, 0.3) is 0 Å². The fourth-order valence-electron chi connectivity index (χ4n) is 1.87. The number of nitrogens with zero attached hydrogens (tertiary/aromatic N) is 1. The topological polar surface area (TPSA) is 80.3 Å². The first kappa shape index (κ1) is 14.8. The highest BCUT2D eigenvalue weighted by Crippen LogP contribution is 2.37. The molecular formula is C15H14ClN3O2. The lowest BCUT2D eigenvalue weighted by molar-refractivity contribution is 0.396. The van der Waals surface area contributed by atoms with Crippen LogP contribution < -0.4 is 20.5 Å². The van der Waals surface area contributed by atoms with E-state index in [0.29, 0.717) is 39.1 Å². The lowest BCUT2D eigenvalue weighted by Gasteiger charge is -2.14. The van der Waals surface area contributed by atoms with E-state index in [4.69, 9.17) is 32.1 Å². The summed E-state index contributed by atoms with van der Waals surface area (Å²) >= 11 is 6.12. The van der Waals surface area contributed by atoms with E-state index in [1.54, 1.807) is 37.4 Å². The van der Waals surface area contributed by atoms with Crippen molar-refractivity contribution in [2.45, 2.75) is 0 Å². The number of ether oxygens (including phenoxy) is 2. The Morgan fingerprint density at radius 1 is 1.10 bits per heavy atom. The van der Waals surface area contributed by atoms with Crippen molar-refractivity contribution in [3.05, 3.63) is 40.9 Å². The number of methoxy groups -OCH3 is 2. The van der Waals surface area contributed by atoms with Gasteiger partial charge < -0.3 is 20.5 Å². The van der Waals surface area contributed by atoms with Gasteiger partial charge >= 0.3 is 0 Å². The van der Waals surface area contributed by atoms with Crippen molar-refractivity contribution in [1.29, 1.82) is 5.26 Å². The van der Waals surface area contributed by atoms with Crippen molar-refractivity contribution in [3.63, 3.8) is 0 Å². The highest BCUT2D eigenvalue weighted by molar-refractivity contribution is 6.32. The maximum absolute atomic E-state index is 9.16. The quantitative estimate of drug-likeness (QED) is 0.844. The fourth-order valence-corrected chi connectivity index (χ4v) is 2.11. The summed E-state index contributed by atoms with van der Waals surface area (Å²) in [5, 5.41) is 12.7. The Balaban J connectivity index is 2.44. The van der Waals surface area contributed by atoms with Gasteiger partial charge in [0.25, 0.3) is 0 Å². The van der Waals surface area contributed by atoms with E-state index in [2.05, 4.69) is 11.4 Å². The lowest BCUT2D eigenvalue weighted by atomic mass is 10.1. The molecule has 0 aliphatic carbocycles. The van der Waals surface area contributed by atoms with E-state index in [9.17, 15) is 0 Å². The average molecular weight is 304 g/mol. The maximum atomic E-state index is 9.16. The number of halogens is 1. The minimum absolute atomic E-state index is 0.434. The predicted molar refractivity (Wildman–Crippen MR) is 83.4 cm³/mol. The van der Waals surface area contributed by atoms with Crippen LogP contribution in [0.1, 0.15) is 5.56 Å². The summed E-state index contributed by atoms with van der Waals surface area (Å²) in [5.41, 5.74) is 7.88. The van der Waals surface area contributed by atoms with Crippen LogP contribution in [0.15, 0.2) is 30.3 Å². The van der Waals surface area contributed by atoms with Gasteiger partial charge in [-0.15, -0.1) is 0 Å². The zero-order chi connectivity index (χ0) is 15.4. The number of benzene rings is 2. The van der Waals surface area contributed by atoms with Crippen LogP contribution in [0, 0.1) is 11.3 Å². The smallest absolute Gasteiger partial charge is 0.146 e. The van der Waals surface area contributed by atoms with Crippen LogP contribution in [-0.2, 0) is 0 Å². The number of rotatable bonds is 4. The molecule has 0 amide bonds. The SMILES string of the molecule is COc1cc(OC)c(Nc2ccc(N)cc2C#N)cc1Cl. The second kappa shape index (κ2) is 6.25. The second-order valence-electron chi connectivity index (χ2n) is 4.23. The molecule has 0 radical (unpaired) electrons. The lowest BCUT2D eigenvalue weighted by Crippen LogP contribution is -1.99. The normalized spacial score (nSPS) is 9.81. The highest BCUT2D eigenvalue weighted by atomic mass is 35.5. The number of anilines is 3. The summed E-state index contributed by atoms with van der Waals surface area (Å²) in [4.78, 5) is 0. The number of nitriles is 1. The van der Waals surface area contributed by atoms with Crippen LogP contribution in [0.3, 0.4) is 0 Å². The second-order valence-corrected chi connectivity index (χ2v) is 4.64. The summed E-state index contributed by atoms with van der Waals surface area (Å²) in [7, 11) is 3.07. The zero-order valence-electron chi connectivity index (χ0n) is 11.6. The number of hydrogen-bond donors (Lipinski definition) is 2. The molecule has 0 atom stereocenters. The van der Waals surface area contributed by atoms with Crippen LogP contribution >= 0.6 is 11.6 Å². The third-order valence-electron chi connectivity index (χ3n) is 2.91. The Labute approximate surface area is 127 Å². The first-order chi connectivity index (χ1) is 10.1. The first-order valence-corrected chi connectivity index (χ1v) is 6.45. The van der Waals surface area contributed by atoms with Gasteiger partial charge in [-0.25, -0.2) is 0 Å². The molecular weight excluding hydrogens is 290 g/mol. The molecule has 0 saturated heterocycles. The van der Waals surface area contributed by atoms with E-state index >= 15 is 0 Å². The van der Waals surface area contributed by atoms with Crippen molar-refractivity contribution in [1.82, 2.24) is 0 Å². The van der Waals surface area contributed by atoms with Crippen molar-refractivity contribution >= 4 is 28.7 Å². The maximum Gasteiger partial charge on any atom is 0.146 e. The molecule has 0 saturated carbocycles. The third-order valence-corrected chi connectivity index (χ3v) is 3.20. The van der Waals surface area contributed by atoms with Gasteiger partial charge in [0, 0.05) is 11.8 Å². The monoisotopic (exact) mass is 303 g/mol. The van der Waals surface area contributed by atoms with Crippen LogP contribution in [0.4, 0.5) is 17.1 Å². The van der Waals surface area contributed by atoms with Gasteiger partial charge in [-0.1, -0.05) is 11.6 Å². The predicted octanol–water partition coefficient (Wildman–Crippen LogP) is 3.55. The number of nitrogens with two attached hydrogens (primary N) is 1. The van der Waals surface area contributed by atoms with Crippen molar-refractivity contribution in [2.24, 2.45) is 0 Å². The summed E-state index contributed by atoms with van der Waals surface area (Å²) in [6.45, 7) is 0. The van der Waals surface area contributed by atoms with Crippen molar-refractivity contribution in [2.75, 3.05) is 25.3 Å². The number of nitrogens with one attached hydrogen (secondary N) is 1. The molecule has 2 aromatic rings. The molecule has 3 N–H and O–H groups in total. The summed E-state index contributed by atoms with van der Waals surface area (Å²) in [6, 6.07) is 10.5. The third kappa shape index (κ3) is 3.12. The molecule has 108 valence electrons. The Morgan fingerprint density at radius 2 is 1.81 bits per heavy atom. The number of hydrogen-bond acceptors (Lipinski definition) is 5. The minimum atomic E-state index is 0.434. The van der Waals surface area contributed by atoms with E-state index in [0.717, 1.165) is 0 Å². The van der Waals surface area contributed by atoms with Gasteiger partial charge in [-0.05, 0) is 24.3 Å². The van der Waals surface area contributed by atoms with Gasteiger partial charge in [0.15, 0.2) is 0 Å². The molecule has 0 spiro atoms. The Morgan fingerprint density at radius 3 is 2.43 bits per heavy atom. The van der Waals surface area contributed by atoms with E-state index in [1.165, 1.54) is 7.11 Å². The van der Waals surface area contributed by atoms with Gasteiger partial charge in [0.05, 0.1) is 36.2 Å². The molecule has 0 heterocycles. The molecule has 0 aliphatic rings. The Kier molecular flexibility index (Phi) is 4.41. The molecule has 2 rings (SSSR count). The van der Waals surface area contributed by atoms with Crippen LogP contribution in [0.2, 0.25) is 5.02 Å². The van der Waals surface area contributed by atoms with E-state index in [-0.39, 0.29) is 0 Å². The molecule has 0 bridgehead atoms. The molecule has 0 aliphatic heterocycles. The van der Waals surface area contributed by atoms with Crippen LogP contribution in [0.5, 0.6) is 11.5 Å². The van der Waals surface area contributed by atoms with Crippen LogP contribution in [-0.4, -0.2) is 14.2 Å². The van der Waals surface area contributed by atoms with E-state index < -0.39 is 0 Å². The summed E-state index contributed by atoms with van der Waals surface area (Å²) < 4.78 is 10.4. The average Bonchev–Trinajstić information content (AvgIpc) is 2.49. The fraction of sp³-hybridized carbons (Fsp3) is 0.133. The molecule has 21 heavy (non-hydrogen) atoms. The van der Waals surface area contributed by atoms with Gasteiger partial charge in [0.2, 0.25) is 0 Å². The van der Waals surface area contributed by atoms with Gasteiger partial charge in [-0.3, -0.25) is 0 Å². The van der Waals surface area contributed by atoms with Crippen molar-refractivity contribution < 1.29 is 9.47 Å². The van der Waals surface area contributed by atoms with Crippen molar-refractivity contribution in [3.8, 4) is 17.6 Å². The van der Waals surface area contributed by atoms with Gasteiger partial charge in [0.1, 0.15) is 17.6 Å². The summed E-state index contributed by atoms with van der Waals surface area (Å²) in [5.74, 6) is 1.06. The number of nitrogen functional groups attached to an aromatic ring is 1. The Hall–Kier alpha value is -2.58.